The molecule has 0 fully saturated rings. The normalized spacial score (nSPS) is 11.0. The van der Waals surface area contributed by atoms with Gasteiger partial charge in [0.25, 0.3) is 9.05 Å². The van der Waals surface area contributed by atoms with Crippen molar-refractivity contribution in [3.63, 3.8) is 0 Å². The Balaban J connectivity index is 3.67. The SMILES string of the molecule is N#Cc1ccc(CCl)c(S(=O)(=O)Cl)c1O. The van der Waals surface area contributed by atoms with E-state index in [1.807, 2.05) is 0 Å². The third kappa shape index (κ3) is 2.34. The van der Waals surface area contributed by atoms with Gasteiger partial charge < -0.3 is 5.11 Å². The molecule has 0 aliphatic heterocycles. The topological polar surface area (TPSA) is 78.2 Å². The molecular formula is C8H5Cl2NO3S. The molecule has 0 aliphatic carbocycles. The number of hydrogen-bond donors (Lipinski definition) is 1. The lowest BCUT2D eigenvalue weighted by molar-refractivity contribution is 0.456. The summed E-state index contributed by atoms with van der Waals surface area (Å²) in [6, 6.07) is 4.25. The first-order valence-electron chi connectivity index (χ1n) is 3.67. The molecule has 0 saturated carbocycles. The average molecular weight is 266 g/mol. The van der Waals surface area contributed by atoms with E-state index in [1.165, 1.54) is 12.1 Å². The Bertz CT molecular complexity index is 534. The van der Waals surface area contributed by atoms with Crippen molar-refractivity contribution in [2.24, 2.45) is 0 Å². The van der Waals surface area contributed by atoms with Crippen LogP contribution in [0.1, 0.15) is 11.1 Å². The second-order valence-corrected chi connectivity index (χ2v) is 5.40. The van der Waals surface area contributed by atoms with Crippen molar-refractivity contribution in [2.45, 2.75) is 10.8 Å². The summed E-state index contributed by atoms with van der Waals surface area (Å²) in [5, 5.41) is 18.1. The Morgan fingerprint density at radius 3 is 2.47 bits per heavy atom. The Morgan fingerprint density at radius 2 is 2.07 bits per heavy atom. The Hall–Kier alpha value is -0.960. The Kier molecular flexibility index (Phi) is 3.45. The lowest BCUT2D eigenvalue weighted by atomic mass is 10.1. The molecule has 1 rings (SSSR count). The van der Waals surface area contributed by atoms with E-state index in [9.17, 15) is 13.5 Å². The number of aromatic hydroxyl groups is 1. The predicted molar refractivity (Wildman–Crippen MR) is 55.4 cm³/mol. The molecule has 0 spiro atoms. The molecule has 4 nitrogen and oxygen atoms in total. The van der Waals surface area contributed by atoms with Crippen molar-refractivity contribution < 1.29 is 13.5 Å². The van der Waals surface area contributed by atoms with Crippen molar-refractivity contribution >= 4 is 31.3 Å². The number of rotatable bonds is 2. The highest BCUT2D eigenvalue weighted by atomic mass is 35.7. The predicted octanol–water partition coefficient (Wildman–Crippen LogP) is 1.93. The maximum absolute atomic E-state index is 11.1. The fourth-order valence-electron chi connectivity index (χ4n) is 1.08. The van der Waals surface area contributed by atoms with Crippen LogP contribution in [0.15, 0.2) is 17.0 Å². The number of phenols is 1. The summed E-state index contributed by atoms with van der Waals surface area (Å²) in [4.78, 5) is -0.502. The average Bonchev–Trinajstić information content (AvgIpc) is 2.15. The van der Waals surface area contributed by atoms with Gasteiger partial charge in [-0.25, -0.2) is 8.42 Å². The highest BCUT2D eigenvalue weighted by molar-refractivity contribution is 8.13. The van der Waals surface area contributed by atoms with Crippen molar-refractivity contribution in [2.75, 3.05) is 0 Å². The van der Waals surface area contributed by atoms with E-state index < -0.39 is 19.7 Å². The maximum atomic E-state index is 11.1. The maximum Gasteiger partial charge on any atom is 0.265 e. The van der Waals surface area contributed by atoms with Gasteiger partial charge in [0.1, 0.15) is 11.0 Å². The van der Waals surface area contributed by atoms with Gasteiger partial charge in [0.15, 0.2) is 5.75 Å². The molecular weight excluding hydrogens is 261 g/mol. The van der Waals surface area contributed by atoms with Crippen LogP contribution >= 0.6 is 22.3 Å². The molecule has 80 valence electrons. The van der Waals surface area contributed by atoms with Crippen molar-refractivity contribution in [1.29, 1.82) is 5.26 Å². The van der Waals surface area contributed by atoms with Gasteiger partial charge in [0, 0.05) is 16.6 Å². The van der Waals surface area contributed by atoms with Crippen LogP contribution in [0.5, 0.6) is 5.75 Å². The van der Waals surface area contributed by atoms with E-state index in [1.54, 1.807) is 6.07 Å². The molecule has 0 amide bonds. The number of nitrogens with zero attached hydrogens (tertiary/aromatic N) is 1. The second kappa shape index (κ2) is 4.27. The fraction of sp³-hybridized carbons (Fsp3) is 0.125. The first-order chi connectivity index (χ1) is 6.91. The van der Waals surface area contributed by atoms with Gasteiger partial charge in [-0.1, -0.05) is 6.07 Å². The summed E-state index contributed by atoms with van der Waals surface area (Å²) in [7, 11) is 0.999. The number of phenolic OH excluding ortho intramolecular Hbond substituents is 1. The minimum Gasteiger partial charge on any atom is -0.505 e. The first kappa shape index (κ1) is 12.1. The highest BCUT2D eigenvalue weighted by Gasteiger charge is 2.22. The summed E-state index contributed by atoms with van der Waals surface area (Å²) < 4.78 is 22.3. The van der Waals surface area contributed by atoms with E-state index in [2.05, 4.69) is 0 Å². The van der Waals surface area contributed by atoms with Crippen molar-refractivity contribution in [3.8, 4) is 11.8 Å². The quantitative estimate of drug-likeness (QED) is 0.655. The monoisotopic (exact) mass is 265 g/mol. The van der Waals surface area contributed by atoms with Gasteiger partial charge in [-0.2, -0.15) is 5.26 Å². The molecule has 0 heterocycles. The number of alkyl halides is 1. The van der Waals surface area contributed by atoms with Crippen LogP contribution in [0.3, 0.4) is 0 Å². The zero-order chi connectivity index (χ0) is 11.6. The second-order valence-electron chi connectivity index (χ2n) is 2.63. The van der Waals surface area contributed by atoms with E-state index in [0.717, 1.165) is 0 Å². The number of hydrogen-bond acceptors (Lipinski definition) is 4. The smallest absolute Gasteiger partial charge is 0.265 e. The lowest BCUT2D eigenvalue weighted by Crippen LogP contribution is -1.98. The highest BCUT2D eigenvalue weighted by Crippen LogP contribution is 2.33. The molecule has 7 heteroatoms. The molecule has 0 saturated heterocycles. The van der Waals surface area contributed by atoms with Crippen LogP contribution < -0.4 is 0 Å². The summed E-state index contributed by atoms with van der Waals surface area (Å²) in [5.74, 6) is -0.786. The zero-order valence-corrected chi connectivity index (χ0v) is 9.57. The molecule has 1 aromatic carbocycles. The van der Waals surface area contributed by atoms with E-state index >= 15 is 0 Å². The van der Waals surface area contributed by atoms with Crippen LogP contribution in [0.2, 0.25) is 0 Å². The molecule has 1 N–H and O–H groups in total. The van der Waals surface area contributed by atoms with E-state index in [4.69, 9.17) is 27.5 Å². The number of nitriles is 1. The lowest BCUT2D eigenvalue weighted by Gasteiger charge is -2.06. The van der Waals surface area contributed by atoms with Crippen LogP contribution in [-0.4, -0.2) is 13.5 Å². The van der Waals surface area contributed by atoms with Crippen molar-refractivity contribution in [1.82, 2.24) is 0 Å². The Labute approximate surface area is 96.1 Å². The fourth-order valence-corrected chi connectivity index (χ4v) is 2.69. The van der Waals surface area contributed by atoms with Crippen LogP contribution in [0.25, 0.3) is 0 Å². The molecule has 0 unspecified atom stereocenters. The molecule has 0 aromatic heterocycles. The van der Waals surface area contributed by atoms with Crippen molar-refractivity contribution in [3.05, 3.63) is 23.3 Å². The summed E-state index contributed by atoms with van der Waals surface area (Å²) >= 11 is 5.49. The zero-order valence-electron chi connectivity index (χ0n) is 7.24. The number of halogens is 2. The first-order valence-corrected chi connectivity index (χ1v) is 6.51. The van der Waals surface area contributed by atoms with Gasteiger partial charge in [0.05, 0.1) is 5.56 Å². The van der Waals surface area contributed by atoms with Gasteiger partial charge in [0.2, 0.25) is 0 Å². The Morgan fingerprint density at radius 1 is 1.47 bits per heavy atom. The summed E-state index contributed by atoms with van der Waals surface area (Å²) in [6.45, 7) is 0. The third-order valence-electron chi connectivity index (χ3n) is 1.72. The standard InChI is InChI=1S/C8H5Cl2NO3S/c9-3-5-1-2-6(4-11)7(12)8(5)15(10,13)14/h1-2,12H,3H2. The van der Waals surface area contributed by atoms with Gasteiger partial charge in [-0.3, -0.25) is 0 Å². The van der Waals surface area contributed by atoms with E-state index in [-0.39, 0.29) is 17.0 Å². The molecule has 15 heavy (non-hydrogen) atoms. The van der Waals surface area contributed by atoms with Crippen LogP contribution in [-0.2, 0) is 14.9 Å². The summed E-state index contributed by atoms with van der Waals surface area (Å²) in [6.07, 6.45) is 0. The van der Waals surface area contributed by atoms with Gasteiger partial charge >= 0.3 is 0 Å². The molecule has 0 atom stereocenters. The minimum atomic E-state index is -4.12. The van der Waals surface area contributed by atoms with Gasteiger partial charge in [-0.05, 0) is 11.6 Å². The van der Waals surface area contributed by atoms with Crippen LogP contribution in [0.4, 0.5) is 0 Å². The largest absolute Gasteiger partial charge is 0.505 e. The van der Waals surface area contributed by atoms with Crippen LogP contribution in [0, 0.1) is 11.3 Å². The van der Waals surface area contributed by atoms with E-state index in [0.29, 0.717) is 0 Å². The molecule has 0 aliphatic rings. The minimum absolute atomic E-state index is 0.124. The summed E-state index contributed by atoms with van der Waals surface area (Å²) in [5.41, 5.74) is -0.00809. The number of benzene rings is 1. The van der Waals surface area contributed by atoms with Gasteiger partial charge in [-0.15, -0.1) is 11.6 Å². The molecule has 0 radical (unpaired) electrons. The molecule has 0 bridgehead atoms. The molecule has 1 aromatic rings. The third-order valence-corrected chi connectivity index (χ3v) is 3.42.